The van der Waals surface area contributed by atoms with Crippen molar-refractivity contribution in [2.45, 2.75) is 72.1 Å². The van der Waals surface area contributed by atoms with Crippen molar-refractivity contribution in [2.75, 3.05) is 7.11 Å². The second-order valence-corrected chi connectivity index (χ2v) is 8.32. The topological polar surface area (TPSA) is 55.8 Å². The number of carbonyl (C=O) groups is 1. The van der Waals surface area contributed by atoms with Gasteiger partial charge in [-0.05, 0) is 35.5 Å². The first-order valence-corrected chi connectivity index (χ1v) is 8.76. The van der Waals surface area contributed by atoms with Crippen LogP contribution >= 0.6 is 0 Å². The van der Waals surface area contributed by atoms with Gasteiger partial charge in [0.1, 0.15) is 11.5 Å². The van der Waals surface area contributed by atoms with Crippen LogP contribution in [0.1, 0.15) is 72.4 Å². The zero-order chi connectivity index (χ0) is 19.4. The number of rotatable bonds is 5. The largest absolute Gasteiger partial charge is 0.502 e. The number of benzene rings is 1. The molecule has 0 aliphatic heterocycles. The molecule has 4 nitrogen and oxygen atoms in total. The Balaban J connectivity index is 3.52. The molecule has 140 valence electrons. The van der Waals surface area contributed by atoms with Crippen molar-refractivity contribution >= 4 is 5.97 Å². The van der Waals surface area contributed by atoms with Crippen molar-refractivity contribution in [2.24, 2.45) is 0 Å². The molecular weight excluding hydrogens is 316 g/mol. The number of hydrogen-bond acceptors (Lipinski definition) is 4. The number of allylic oxidation sites excluding steroid dienone is 1. The summed E-state index contributed by atoms with van der Waals surface area (Å²) in [5, 5.41) is 9.96. The van der Waals surface area contributed by atoms with E-state index in [9.17, 15) is 9.90 Å². The van der Waals surface area contributed by atoms with Crippen LogP contribution in [-0.2, 0) is 15.6 Å². The van der Waals surface area contributed by atoms with Gasteiger partial charge in [-0.3, -0.25) is 0 Å². The van der Waals surface area contributed by atoms with Gasteiger partial charge in [-0.1, -0.05) is 54.9 Å². The molecule has 0 aromatic heterocycles. The Kier molecular flexibility index (Phi) is 6.69. The summed E-state index contributed by atoms with van der Waals surface area (Å²) in [5.41, 5.74) is 1.22. The van der Waals surface area contributed by atoms with E-state index in [1.807, 2.05) is 19.1 Å². The molecule has 0 aliphatic rings. The van der Waals surface area contributed by atoms with E-state index in [2.05, 4.69) is 41.5 Å². The van der Waals surface area contributed by atoms with Gasteiger partial charge >= 0.3 is 5.97 Å². The fraction of sp³-hybridized carbons (Fsp3) is 0.571. The Morgan fingerprint density at radius 2 is 1.56 bits per heavy atom. The van der Waals surface area contributed by atoms with Gasteiger partial charge in [0.25, 0.3) is 0 Å². The number of aliphatic hydroxyl groups is 1. The van der Waals surface area contributed by atoms with Crippen molar-refractivity contribution in [3.8, 4) is 11.5 Å². The minimum atomic E-state index is -0.727. The number of unbranched alkanes of at least 4 members (excludes halogenated alkanes) is 1. The Morgan fingerprint density at radius 3 is 1.92 bits per heavy atom. The lowest BCUT2D eigenvalue weighted by Gasteiger charge is -2.29. The van der Waals surface area contributed by atoms with Crippen LogP contribution in [0.2, 0.25) is 0 Å². The summed E-state index contributed by atoms with van der Waals surface area (Å²) in [7, 11) is 1.62. The maximum atomic E-state index is 12.4. The van der Waals surface area contributed by atoms with Crippen molar-refractivity contribution < 1.29 is 19.4 Å². The molecule has 0 bridgehead atoms. The highest BCUT2D eigenvalue weighted by Gasteiger charge is 2.30. The Labute approximate surface area is 151 Å². The fourth-order valence-electron chi connectivity index (χ4n) is 2.45. The van der Waals surface area contributed by atoms with E-state index >= 15 is 0 Å². The maximum Gasteiger partial charge on any atom is 0.378 e. The first kappa shape index (κ1) is 21.1. The van der Waals surface area contributed by atoms with Crippen molar-refractivity contribution in [1.29, 1.82) is 0 Å². The maximum absolute atomic E-state index is 12.4. The molecule has 1 aromatic carbocycles. The molecule has 0 saturated carbocycles. The quantitative estimate of drug-likeness (QED) is 0.333. The number of carbonyl (C=O) groups excluding carboxylic acids is 1. The third-order valence-corrected chi connectivity index (χ3v) is 3.94. The molecule has 4 heteroatoms. The summed E-state index contributed by atoms with van der Waals surface area (Å²) in [6, 6.07) is 3.79. The van der Waals surface area contributed by atoms with Crippen molar-refractivity contribution in [1.82, 2.24) is 0 Å². The molecule has 0 fully saturated rings. The number of esters is 1. The number of methoxy groups -OCH3 is 1. The molecule has 0 unspecified atom stereocenters. The average Bonchev–Trinajstić information content (AvgIpc) is 2.50. The fourth-order valence-corrected chi connectivity index (χ4v) is 2.45. The Hall–Kier alpha value is -1.97. The molecule has 0 spiro atoms. The third-order valence-electron chi connectivity index (χ3n) is 3.94. The molecule has 0 atom stereocenters. The molecule has 1 N–H and O–H groups in total. The Morgan fingerprint density at radius 1 is 1.08 bits per heavy atom. The van der Waals surface area contributed by atoms with Gasteiger partial charge in [0, 0.05) is 11.1 Å². The first-order valence-electron chi connectivity index (χ1n) is 8.76. The molecule has 0 amide bonds. The van der Waals surface area contributed by atoms with E-state index in [0.717, 1.165) is 23.3 Å². The van der Waals surface area contributed by atoms with Crippen LogP contribution < -0.4 is 9.47 Å². The van der Waals surface area contributed by atoms with Crippen LogP contribution in [0.15, 0.2) is 24.0 Å². The average molecular weight is 348 g/mol. The minimum absolute atomic E-state index is 0.257. The summed E-state index contributed by atoms with van der Waals surface area (Å²) in [6.07, 6.45) is 2.97. The van der Waals surface area contributed by atoms with Crippen LogP contribution in [0.25, 0.3) is 0 Å². The van der Waals surface area contributed by atoms with E-state index in [4.69, 9.17) is 9.47 Å². The molecule has 1 aromatic rings. The highest BCUT2D eigenvalue weighted by Crippen LogP contribution is 2.42. The van der Waals surface area contributed by atoms with Crippen LogP contribution in [0.4, 0.5) is 0 Å². The minimum Gasteiger partial charge on any atom is -0.502 e. The van der Waals surface area contributed by atoms with E-state index in [1.54, 1.807) is 7.11 Å². The summed E-state index contributed by atoms with van der Waals surface area (Å²) in [6.45, 7) is 14.3. The Bertz CT molecular complexity index is 608. The smallest absolute Gasteiger partial charge is 0.378 e. The van der Waals surface area contributed by atoms with Gasteiger partial charge in [0.2, 0.25) is 0 Å². The highest BCUT2D eigenvalue weighted by atomic mass is 16.5. The molecule has 25 heavy (non-hydrogen) atoms. The van der Waals surface area contributed by atoms with Gasteiger partial charge in [0.15, 0.2) is 5.76 Å². The highest BCUT2D eigenvalue weighted by molar-refractivity contribution is 5.88. The monoisotopic (exact) mass is 348 g/mol. The zero-order valence-corrected chi connectivity index (χ0v) is 16.8. The van der Waals surface area contributed by atoms with Gasteiger partial charge in [-0.2, -0.15) is 0 Å². The molecule has 0 saturated heterocycles. The lowest BCUT2D eigenvalue weighted by atomic mass is 9.79. The molecule has 0 aliphatic carbocycles. The molecule has 0 radical (unpaired) electrons. The van der Waals surface area contributed by atoms with Crippen molar-refractivity contribution in [3.05, 3.63) is 35.1 Å². The standard InChI is InChI=1S/C21H32O4/c1-9-10-11-17(22)19(23)25-18-15(20(2,3)4)12-14(24-8)13-16(18)21(5,6)7/h11-13,22H,9-10H2,1-8H3/b17-11-. The predicted molar refractivity (Wildman–Crippen MR) is 102 cm³/mol. The van der Waals surface area contributed by atoms with E-state index in [1.165, 1.54) is 6.08 Å². The summed E-state index contributed by atoms with van der Waals surface area (Å²) in [5.74, 6) is 0.148. The van der Waals surface area contributed by atoms with Gasteiger partial charge < -0.3 is 14.6 Å². The lowest BCUT2D eigenvalue weighted by Crippen LogP contribution is -2.22. The SMILES string of the molecule is CCC/C=C(\O)C(=O)Oc1c(C(C)(C)C)cc(OC)cc1C(C)(C)C. The summed E-state index contributed by atoms with van der Waals surface area (Å²) in [4.78, 5) is 12.4. The van der Waals surface area contributed by atoms with Gasteiger partial charge in [-0.15, -0.1) is 0 Å². The first-order chi connectivity index (χ1) is 11.4. The summed E-state index contributed by atoms with van der Waals surface area (Å²) < 4.78 is 11.1. The van der Waals surface area contributed by atoms with Crippen LogP contribution in [0, 0.1) is 0 Å². The predicted octanol–water partition coefficient (Wildman–Crippen LogP) is 5.44. The second kappa shape index (κ2) is 7.94. The van der Waals surface area contributed by atoms with Crippen LogP contribution in [0.3, 0.4) is 0 Å². The van der Waals surface area contributed by atoms with Gasteiger partial charge in [-0.25, -0.2) is 4.79 Å². The van der Waals surface area contributed by atoms with Crippen molar-refractivity contribution in [3.63, 3.8) is 0 Å². The van der Waals surface area contributed by atoms with E-state index in [-0.39, 0.29) is 16.6 Å². The van der Waals surface area contributed by atoms with Crippen LogP contribution in [0.5, 0.6) is 11.5 Å². The molecular formula is C21H32O4. The van der Waals surface area contributed by atoms with E-state index in [0.29, 0.717) is 12.2 Å². The zero-order valence-electron chi connectivity index (χ0n) is 16.8. The molecule has 1 rings (SSSR count). The van der Waals surface area contributed by atoms with Gasteiger partial charge in [0.05, 0.1) is 7.11 Å². The lowest BCUT2D eigenvalue weighted by molar-refractivity contribution is -0.133. The normalized spacial score (nSPS) is 12.9. The second-order valence-electron chi connectivity index (χ2n) is 8.32. The summed E-state index contributed by atoms with van der Waals surface area (Å²) >= 11 is 0. The number of ether oxygens (including phenoxy) is 2. The van der Waals surface area contributed by atoms with E-state index < -0.39 is 5.97 Å². The third kappa shape index (κ3) is 5.52. The number of hydrogen-bond donors (Lipinski definition) is 1. The molecule has 0 heterocycles. The van der Waals surface area contributed by atoms with Crippen LogP contribution in [-0.4, -0.2) is 18.2 Å². The number of aliphatic hydroxyl groups excluding tert-OH is 1.